The summed E-state index contributed by atoms with van der Waals surface area (Å²) in [7, 11) is -4.19. The van der Waals surface area contributed by atoms with Crippen LogP contribution < -0.4 is 0 Å². The Labute approximate surface area is 110 Å². The second-order valence-corrected chi connectivity index (χ2v) is 6.43. The van der Waals surface area contributed by atoms with E-state index in [2.05, 4.69) is 22.5 Å². The summed E-state index contributed by atoms with van der Waals surface area (Å²) in [4.78, 5) is 9.66. The third kappa shape index (κ3) is 3.14. The number of carbonyl (C=O) groups is 1. The highest BCUT2D eigenvalue weighted by Gasteiger charge is 2.24. The van der Waals surface area contributed by atoms with Gasteiger partial charge in [0.2, 0.25) is 0 Å². The fourth-order valence-corrected chi connectivity index (χ4v) is 3.35. The smallest absolute Gasteiger partial charge is 0.335 e. The Morgan fingerprint density at radius 3 is 2.39 bits per heavy atom. The third-order valence-electron chi connectivity index (χ3n) is 1.92. The second kappa shape index (κ2) is 5.15. The first-order chi connectivity index (χ1) is 8.15. The molecule has 0 heterocycles. The molecule has 1 aromatic rings. The zero-order valence-electron chi connectivity index (χ0n) is 8.78. The van der Waals surface area contributed by atoms with Crippen LogP contribution in [-0.2, 0) is 9.84 Å². The van der Waals surface area contributed by atoms with Crippen LogP contribution in [-0.4, -0.2) is 25.2 Å². The monoisotopic (exact) mass is 340 g/mol. The number of aromatic carboxylic acids is 1. The lowest BCUT2D eigenvalue weighted by atomic mass is 10.2. The average molecular weight is 341 g/mol. The number of benzene rings is 1. The summed E-state index contributed by atoms with van der Waals surface area (Å²) >= 11 is 2.79. The predicted molar refractivity (Wildman–Crippen MR) is 63.4 cm³/mol. The van der Waals surface area contributed by atoms with Crippen LogP contribution in [0.5, 0.6) is 0 Å². The van der Waals surface area contributed by atoms with Gasteiger partial charge in [0.1, 0.15) is 4.90 Å². The number of carboxylic acids is 1. The highest BCUT2D eigenvalue weighted by Crippen LogP contribution is 2.23. The number of rotatable bonds is 4. The van der Waals surface area contributed by atoms with Crippen LogP contribution in [0.1, 0.15) is 10.4 Å². The van der Waals surface area contributed by atoms with E-state index in [4.69, 9.17) is 5.11 Å². The lowest BCUT2D eigenvalue weighted by Crippen LogP contribution is -2.12. The number of halogens is 3. The molecule has 98 valence electrons. The van der Waals surface area contributed by atoms with Crippen molar-refractivity contribution >= 4 is 31.7 Å². The van der Waals surface area contributed by atoms with Crippen molar-refractivity contribution in [1.29, 1.82) is 0 Å². The van der Waals surface area contributed by atoms with Crippen LogP contribution in [0.25, 0.3) is 0 Å². The molecule has 0 unspecified atom stereocenters. The summed E-state index contributed by atoms with van der Waals surface area (Å²) in [5.74, 6) is -5.35. The summed E-state index contributed by atoms with van der Waals surface area (Å²) in [5, 5.41) is 8.66. The fraction of sp³-hybridized carbons (Fsp3) is 0.100. The minimum absolute atomic E-state index is 0.0445. The average Bonchev–Trinajstić information content (AvgIpc) is 2.19. The van der Waals surface area contributed by atoms with E-state index >= 15 is 0 Å². The molecule has 0 aliphatic heterocycles. The number of sulfone groups is 1. The van der Waals surface area contributed by atoms with Gasteiger partial charge in [0.05, 0.1) is 11.3 Å². The molecule has 0 saturated heterocycles. The molecule has 0 spiro atoms. The van der Waals surface area contributed by atoms with Crippen molar-refractivity contribution in [3.05, 3.63) is 40.4 Å². The molecule has 0 bridgehead atoms. The molecule has 4 nitrogen and oxygen atoms in total. The first-order valence-electron chi connectivity index (χ1n) is 4.43. The molecule has 1 aromatic carbocycles. The van der Waals surface area contributed by atoms with Gasteiger partial charge >= 0.3 is 5.97 Å². The lowest BCUT2D eigenvalue weighted by molar-refractivity contribution is 0.0696. The maximum absolute atomic E-state index is 13.4. The van der Waals surface area contributed by atoms with Crippen LogP contribution in [0.15, 0.2) is 28.1 Å². The first kappa shape index (κ1) is 14.8. The fourth-order valence-electron chi connectivity index (χ4n) is 1.20. The van der Waals surface area contributed by atoms with E-state index in [0.717, 1.165) is 0 Å². The maximum Gasteiger partial charge on any atom is 0.335 e. The van der Waals surface area contributed by atoms with E-state index in [9.17, 15) is 22.0 Å². The van der Waals surface area contributed by atoms with Gasteiger partial charge in [0.25, 0.3) is 0 Å². The van der Waals surface area contributed by atoms with Crippen LogP contribution in [0.3, 0.4) is 0 Å². The first-order valence-corrected chi connectivity index (χ1v) is 6.88. The largest absolute Gasteiger partial charge is 0.478 e. The third-order valence-corrected chi connectivity index (χ3v) is 4.27. The number of hydrogen-bond donors (Lipinski definition) is 1. The minimum Gasteiger partial charge on any atom is -0.478 e. The van der Waals surface area contributed by atoms with E-state index in [1.165, 1.54) is 0 Å². The standard InChI is InChI=1S/C10H7BrF2O4S/c1-5(11)4-18(16,17)8-3-6(10(14)15)2-7(12)9(8)13/h2-3H,1,4H2,(H,14,15). The summed E-state index contributed by atoms with van der Waals surface area (Å²) < 4.78 is 50.0. The Balaban J connectivity index is 3.49. The van der Waals surface area contributed by atoms with Crippen molar-refractivity contribution in [1.82, 2.24) is 0 Å². The van der Waals surface area contributed by atoms with E-state index in [0.29, 0.717) is 12.1 Å². The molecule has 0 fully saturated rings. The molecule has 0 aliphatic rings. The Morgan fingerprint density at radius 1 is 1.39 bits per heavy atom. The molecule has 1 rings (SSSR count). The van der Waals surface area contributed by atoms with Crippen molar-refractivity contribution in [3.63, 3.8) is 0 Å². The Morgan fingerprint density at radius 2 is 1.94 bits per heavy atom. The van der Waals surface area contributed by atoms with Crippen molar-refractivity contribution in [2.75, 3.05) is 5.75 Å². The van der Waals surface area contributed by atoms with Gasteiger partial charge in [0, 0.05) is 4.48 Å². The molecular weight excluding hydrogens is 334 g/mol. The summed E-state index contributed by atoms with van der Waals surface area (Å²) in [6, 6.07) is 0.992. The van der Waals surface area contributed by atoms with Gasteiger partial charge in [-0.3, -0.25) is 0 Å². The zero-order valence-corrected chi connectivity index (χ0v) is 11.2. The highest BCUT2D eigenvalue weighted by molar-refractivity contribution is 9.11. The van der Waals surface area contributed by atoms with Crippen molar-refractivity contribution in [3.8, 4) is 0 Å². The van der Waals surface area contributed by atoms with Crippen molar-refractivity contribution < 1.29 is 27.1 Å². The van der Waals surface area contributed by atoms with Gasteiger partial charge in [-0.15, -0.1) is 0 Å². The van der Waals surface area contributed by atoms with Gasteiger partial charge in [-0.1, -0.05) is 22.5 Å². The Kier molecular flexibility index (Phi) is 4.23. The molecule has 18 heavy (non-hydrogen) atoms. The summed E-state index contributed by atoms with van der Waals surface area (Å²) in [6.45, 7) is 3.28. The Hall–Kier alpha value is -1.28. The molecule has 0 aromatic heterocycles. The quantitative estimate of drug-likeness (QED) is 0.913. The normalized spacial score (nSPS) is 11.3. The van der Waals surface area contributed by atoms with E-state index < -0.39 is 43.7 Å². The molecule has 1 N–H and O–H groups in total. The SMILES string of the molecule is C=C(Br)CS(=O)(=O)c1cc(C(=O)O)cc(F)c1F. The summed E-state index contributed by atoms with van der Waals surface area (Å²) in [6.07, 6.45) is 0. The molecule has 0 radical (unpaired) electrons. The van der Waals surface area contributed by atoms with Crippen molar-refractivity contribution in [2.24, 2.45) is 0 Å². The van der Waals surface area contributed by atoms with Crippen molar-refractivity contribution in [2.45, 2.75) is 4.90 Å². The van der Waals surface area contributed by atoms with Gasteiger partial charge < -0.3 is 5.11 Å². The Bertz CT molecular complexity index is 625. The molecule has 8 heteroatoms. The molecule has 0 atom stereocenters. The van der Waals surface area contributed by atoms with E-state index in [1.54, 1.807) is 0 Å². The van der Waals surface area contributed by atoms with Crippen LogP contribution in [0.4, 0.5) is 8.78 Å². The van der Waals surface area contributed by atoms with E-state index in [-0.39, 0.29) is 4.48 Å². The van der Waals surface area contributed by atoms with Gasteiger partial charge in [-0.25, -0.2) is 22.0 Å². The molecule has 0 aliphatic carbocycles. The van der Waals surface area contributed by atoms with Gasteiger partial charge in [0.15, 0.2) is 21.5 Å². The minimum atomic E-state index is -4.19. The maximum atomic E-state index is 13.4. The van der Waals surface area contributed by atoms with Crippen LogP contribution >= 0.6 is 15.9 Å². The van der Waals surface area contributed by atoms with Gasteiger partial charge in [-0.2, -0.15) is 0 Å². The molecular formula is C10H7BrF2O4S. The summed E-state index contributed by atoms with van der Waals surface area (Å²) in [5.41, 5.74) is -0.646. The highest BCUT2D eigenvalue weighted by atomic mass is 79.9. The topological polar surface area (TPSA) is 71.4 Å². The second-order valence-electron chi connectivity index (χ2n) is 3.35. The lowest BCUT2D eigenvalue weighted by Gasteiger charge is -2.07. The van der Waals surface area contributed by atoms with Crippen LogP contribution in [0.2, 0.25) is 0 Å². The zero-order chi connectivity index (χ0) is 14.1. The van der Waals surface area contributed by atoms with E-state index in [1.807, 2.05) is 0 Å². The predicted octanol–water partition coefficient (Wildman–Crippen LogP) is 2.35. The number of carboxylic acid groups (broad SMARTS) is 1. The molecule has 0 amide bonds. The van der Waals surface area contributed by atoms with Gasteiger partial charge in [-0.05, 0) is 12.1 Å². The number of hydrogen-bond acceptors (Lipinski definition) is 3. The van der Waals surface area contributed by atoms with Crippen LogP contribution in [0, 0.1) is 11.6 Å². The molecule has 0 saturated carbocycles.